The number of carbonyl (C=O) groups is 1. The van der Waals surface area contributed by atoms with E-state index in [1.807, 2.05) is 36.4 Å². The number of hydrogen-bond donors (Lipinski definition) is 1. The summed E-state index contributed by atoms with van der Waals surface area (Å²) in [5.74, 6) is 0.960. The van der Waals surface area contributed by atoms with Crippen molar-refractivity contribution in [3.8, 4) is 11.4 Å². The number of Topliss-reactive ketones (excluding diaryl/α,β-unsaturated/α-hetero) is 1. The van der Waals surface area contributed by atoms with Crippen LogP contribution in [-0.4, -0.2) is 33.2 Å². The fourth-order valence-electron chi connectivity index (χ4n) is 4.09. The van der Waals surface area contributed by atoms with Gasteiger partial charge in [-0.3, -0.25) is 9.69 Å². The second-order valence-corrected chi connectivity index (χ2v) is 7.94. The minimum atomic E-state index is -0.126. The Morgan fingerprint density at radius 1 is 1.11 bits per heavy atom. The number of rotatable bonds is 2. The van der Waals surface area contributed by atoms with Gasteiger partial charge in [0.1, 0.15) is 5.82 Å². The van der Waals surface area contributed by atoms with Gasteiger partial charge >= 0.3 is 0 Å². The highest BCUT2D eigenvalue weighted by atomic mass is 35.5. The van der Waals surface area contributed by atoms with Crippen LogP contribution in [0, 0.1) is 0 Å². The molecule has 1 atom stereocenters. The Morgan fingerprint density at radius 2 is 1.96 bits per heavy atom. The van der Waals surface area contributed by atoms with Gasteiger partial charge in [-0.15, -0.1) is 0 Å². The van der Waals surface area contributed by atoms with Crippen molar-refractivity contribution < 1.29 is 4.79 Å². The second kappa shape index (κ2) is 6.48. The molecular formula is C21H17Cl2N3O. The van der Waals surface area contributed by atoms with E-state index in [2.05, 4.69) is 9.88 Å². The molecule has 1 aromatic heterocycles. The van der Waals surface area contributed by atoms with Gasteiger partial charge in [0.15, 0.2) is 5.78 Å². The summed E-state index contributed by atoms with van der Waals surface area (Å²) in [5.41, 5.74) is 4.88. The van der Waals surface area contributed by atoms with Crippen LogP contribution < -0.4 is 0 Å². The van der Waals surface area contributed by atoms with E-state index < -0.39 is 0 Å². The number of aromatic nitrogens is 2. The van der Waals surface area contributed by atoms with Crippen LogP contribution in [0.1, 0.15) is 27.3 Å². The summed E-state index contributed by atoms with van der Waals surface area (Å²) in [4.78, 5) is 23.3. The Bertz CT molecular complexity index is 1060. The number of carbonyl (C=O) groups excluding carboxylic acids is 1. The molecule has 1 N–H and O–H groups in total. The average molecular weight is 398 g/mol. The molecular weight excluding hydrogens is 381 g/mol. The summed E-state index contributed by atoms with van der Waals surface area (Å²) in [6, 6.07) is 13.2. The van der Waals surface area contributed by atoms with E-state index in [4.69, 9.17) is 28.2 Å². The van der Waals surface area contributed by atoms with Gasteiger partial charge in [-0.2, -0.15) is 0 Å². The molecule has 2 heterocycles. The molecule has 136 valence electrons. The van der Waals surface area contributed by atoms with Crippen molar-refractivity contribution in [3.05, 3.63) is 75.0 Å². The number of imidazole rings is 1. The zero-order chi connectivity index (χ0) is 18.5. The van der Waals surface area contributed by atoms with Gasteiger partial charge < -0.3 is 4.98 Å². The minimum absolute atomic E-state index is 0.126. The quantitative estimate of drug-likeness (QED) is 0.689. The summed E-state index contributed by atoms with van der Waals surface area (Å²) in [5, 5.41) is 1.29. The standard InChI is InChI=1S/C21H17Cl2N3O/c22-13-6-5-12-9-19(20(27)15(12)10-13)26-8-7-17-18(11-26)25-21(24-17)14-3-1-2-4-16(14)23/h1-6,10,19H,7-9,11H2,(H,24,25). The topological polar surface area (TPSA) is 49.0 Å². The molecule has 0 radical (unpaired) electrons. The van der Waals surface area contributed by atoms with Crippen molar-refractivity contribution in [3.63, 3.8) is 0 Å². The highest BCUT2D eigenvalue weighted by Crippen LogP contribution is 2.32. The number of benzene rings is 2. The van der Waals surface area contributed by atoms with Crippen LogP contribution in [0.2, 0.25) is 10.0 Å². The first-order valence-electron chi connectivity index (χ1n) is 8.99. The van der Waals surface area contributed by atoms with Crippen LogP contribution in [0.15, 0.2) is 42.5 Å². The molecule has 0 spiro atoms. The van der Waals surface area contributed by atoms with Crippen molar-refractivity contribution in [2.45, 2.75) is 25.4 Å². The smallest absolute Gasteiger partial charge is 0.180 e. The van der Waals surface area contributed by atoms with E-state index in [9.17, 15) is 4.79 Å². The van der Waals surface area contributed by atoms with Crippen LogP contribution in [0.5, 0.6) is 0 Å². The molecule has 0 saturated heterocycles. The Hall–Kier alpha value is -2.14. The van der Waals surface area contributed by atoms with Crippen molar-refractivity contribution in [2.24, 2.45) is 0 Å². The molecule has 0 saturated carbocycles. The monoisotopic (exact) mass is 397 g/mol. The zero-order valence-corrected chi connectivity index (χ0v) is 16.0. The van der Waals surface area contributed by atoms with E-state index in [0.717, 1.165) is 53.3 Å². The maximum absolute atomic E-state index is 12.9. The fourth-order valence-corrected chi connectivity index (χ4v) is 4.49. The van der Waals surface area contributed by atoms with Crippen molar-refractivity contribution in [1.82, 2.24) is 14.9 Å². The molecule has 6 heteroatoms. The predicted octanol–water partition coefficient (Wildman–Crippen LogP) is 4.55. The predicted molar refractivity (Wildman–Crippen MR) is 106 cm³/mol. The largest absolute Gasteiger partial charge is 0.340 e. The first-order chi connectivity index (χ1) is 13.1. The van der Waals surface area contributed by atoms with Gasteiger partial charge in [0.05, 0.1) is 22.5 Å². The molecule has 0 amide bonds. The molecule has 27 heavy (non-hydrogen) atoms. The number of fused-ring (bicyclic) bond motifs is 2. The summed E-state index contributed by atoms with van der Waals surface area (Å²) in [6.07, 6.45) is 1.56. The molecule has 1 aliphatic heterocycles. The van der Waals surface area contributed by atoms with Gasteiger partial charge in [0.25, 0.3) is 0 Å². The highest BCUT2D eigenvalue weighted by molar-refractivity contribution is 6.33. The van der Waals surface area contributed by atoms with Crippen LogP contribution in [0.3, 0.4) is 0 Å². The lowest BCUT2D eigenvalue weighted by atomic mass is 10.1. The van der Waals surface area contributed by atoms with Gasteiger partial charge in [-0.25, -0.2) is 4.98 Å². The third-order valence-electron chi connectivity index (χ3n) is 5.48. The maximum Gasteiger partial charge on any atom is 0.180 e. The lowest BCUT2D eigenvalue weighted by Crippen LogP contribution is -2.42. The normalized spacial score (nSPS) is 19.2. The molecule has 3 aromatic rings. The second-order valence-electron chi connectivity index (χ2n) is 7.10. The molecule has 2 aliphatic rings. The Labute approximate surface area is 167 Å². The lowest BCUT2D eigenvalue weighted by molar-refractivity contribution is 0.0820. The summed E-state index contributed by atoms with van der Waals surface area (Å²) >= 11 is 12.4. The molecule has 0 fully saturated rings. The van der Waals surface area contributed by atoms with Gasteiger partial charge in [0, 0.05) is 35.7 Å². The Kier molecular flexibility index (Phi) is 4.08. The lowest BCUT2D eigenvalue weighted by Gasteiger charge is -2.30. The third kappa shape index (κ3) is 2.89. The number of aromatic amines is 1. The Balaban J connectivity index is 1.41. The number of hydrogen-bond acceptors (Lipinski definition) is 3. The van der Waals surface area contributed by atoms with Gasteiger partial charge in [-0.1, -0.05) is 41.4 Å². The van der Waals surface area contributed by atoms with Gasteiger partial charge in [0.2, 0.25) is 0 Å². The Morgan fingerprint density at radius 3 is 2.81 bits per heavy atom. The molecule has 1 aliphatic carbocycles. The summed E-state index contributed by atoms with van der Waals surface area (Å²) in [7, 11) is 0. The van der Waals surface area contributed by atoms with E-state index in [1.54, 1.807) is 6.07 Å². The average Bonchev–Trinajstić information content (AvgIpc) is 3.23. The highest BCUT2D eigenvalue weighted by Gasteiger charge is 2.37. The van der Waals surface area contributed by atoms with Crippen molar-refractivity contribution in [1.29, 1.82) is 0 Å². The number of nitrogens with zero attached hydrogens (tertiary/aromatic N) is 2. The first-order valence-corrected chi connectivity index (χ1v) is 9.75. The number of halogens is 2. The SMILES string of the molecule is O=C1c2cc(Cl)ccc2CC1N1CCc2nc(-c3ccccc3Cl)[nH]c2C1. The maximum atomic E-state index is 12.9. The first kappa shape index (κ1) is 17.0. The number of nitrogens with one attached hydrogen (secondary N) is 1. The number of H-pyrrole nitrogens is 1. The summed E-state index contributed by atoms with van der Waals surface area (Å²) in [6.45, 7) is 1.50. The van der Waals surface area contributed by atoms with Crippen LogP contribution in [0.25, 0.3) is 11.4 Å². The minimum Gasteiger partial charge on any atom is -0.340 e. The van der Waals surface area contributed by atoms with Crippen molar-refractivity contribution in [2.75, 3.05) is 6.54 Å². The van der Waals surface area contributed by atoms with Crippen LogP contribution in [-0.2, 0) is 19.4 Å². The van der Waals surface area contributed by atoms with E-state index in [1.165, 1.54) is 0 Å². The molecule has 1 unspecified atom stereocenters. The van der Waals surface area contributed by atoms with Crippen molar-refractivity contribution >= 4 is 29.0 Å². The van der Waals surface area contributed by atoms with E-state index >= 15 is 0 Å². The van der Waals surface area contributed by atoms with Gasteiger partial charge in [-0.05, 0) is 36.2 Å². The summed E-state index contributed by atoms with van der Waals surface area (Å²) < 4.78 is 0. The molecule has 2 aromatic carbocycles. The zero-order valence-electron chi connectivity index (χ0n) is 14.5. The molecule has 4 nitrogen and oxygen atoms in total. The fraction of sp³-hybridized carbons (Fsp3) is 0.238. The molecule has 5 rings (SSSR count). The van der Waals surface area contributed by atoms with Crippen LogP contribution >= 0.6 is 23.2 Å². The van der Waals surface area contributed by atoms with E-state index in [0.29, 0.717) is 16.6 Å². The third-order valence-corrected chi connectivity index (χ3v) is 6.05. The molecule has 0 bridgehead atoms. The number of ketones is 1. The van der Waals surface area contributed by atoms with Crippen LogP contribution in [0.4, 0.5) is 0 Å². The van der Waals surface area contributed by atoms with E-state index in [-0.39, 0.29) is 11.8 Å².